The van der Waals surface area contributed by atoms with Crippen LogP contribution in [0.1, 0.15) is 36.7 Å². The molecular weight excluding hydrogens is 267 g/mol. The number of hydrogen-bond donors (Lipinski definition) is 2. The third kappa shape index (κ3) is 4.18. The Bertz CT molecular complexity index is 451. The summed E-state index contributed by atoms with van der Waals surface area (Å²) in [6.45, 7) is 7.91. The molecule has 1 amide bonds. The highest BCUT2D eigenvalue weighted by Gasteiger charge is 2.28. The first-order valence-electron chi connectivity index (χ1n) is 6.09. The molecule has 0 aliphatic carbocycles. The van der Waals surface area contributed by atoms with Crippen LogP contribution in [-0.4, -0.2) is 18.0 Å². The average Bonchev–Trinajstić information content (AvgIpc) is 2.32. The number of rotatable bonds is 4. The van der Waals surface area contributed by atoms with Gasteiger partial charge in [0.05, 0.1) is 5.54 Å². The monoisotopic (exact) mass is 288 g/mol. The Morgan fingerprint density at radius 1 is 1.47 bits per heavy atom. The second-order valence-electron chi connectivity index (χ2n) is 5.19. The molecule has 1 atom stereocenters. The maximum absolute atomic E-state index is 13.1. The fraction of sp³-hybridized carbons (Fsp3) is 0.500. The maximum atomic E-state index is 13.1. The first-order chi connectivity index (χ1) is 8.30. The van der Waals surface area contributed by atoms with Crippen LogP contribution in [0, 0.1) is 18.7 Å². The third-order valence-corrected chi connectivity index (χ3v) is 3.52. The summed E-state index contributed by atoms with van der Waals surface area (Å²) < 4.78 is 13.1. The SMILES string of the molecule is Cc1cc(C(=O)NC(C)(CN)C(C)C)ccc1F.Cl. The van der Waals surface area contributed by atoms with Gasteiger partial charge in [-0.25, -0.2) is 4.39 Å². The normalized spacial score (nSPS) is 13.6. The molecule has 108 valence electrons. The molecule has 0 saturated carbocycles. The van der Waals surface area contributed by atoms with Crippen molar-refractivity contribution >= 4 is 18.3 Å². The van der Waals surface area contributed by atoms with Crippen LogP contribution in [0.5, 0.6) is 0 Å². The topological polar surface area (TPSA) is 55.1 Å². The number of nitrogens with two attached hydrogens (primary N) is 1. The summed E-state index contributed by atoms with van der Waals surface area (Å²) in [5, 5.41) is 2.92. The number of halogens is 2. The molecule has 1 aromatic carbocycles. The number of amides is 1. The highest BCUT2D eigenvalue weighted by molar-refractivity contribution is 5.94. The van der Waals surface area contributed by atoms with Crippen LogP contribution in [0.25, 0.3) is 0 Å². The molecule has 19 heavy (non-hydrogen) atoms. The largest absolute Gasteiger partial charge is 0.345 e. The van der Waals surface area contributed by atoms with Gasteiger partial charge in [0.25, 0.3) is 5.91 Å². The Kier molecular flexibility index (Phi) is 6.46. The summed E-state index contributed by atoms with van der Waals surface area (Å²) >= 11 is 0. The summed E-state index contributed by atoms with van der Waals surface area (Å²) in [5.74, 6) is -0.315. The van der Waals surface area contributed by atoms with Crippen LogP contribution in [0.4, 0.5) is 4.39 Å². The maximum Gasteiger partial charge on any atom is 0.251 e. The molecule has 0 aromatic heterocycles. The second kappa shape index (κ2) is 6.87. The number of hydrogen-bond acceptors (Lipinski definition) is 2. The molecule has 0 saturated heterocycles. The summed E-state index contributed by atoms with van der Waals surface area (Å²) in [4.78, 5) is 12.1. The fourth-order valence-corrected chi connectivity index (χ4v) is 1.55. The van der Waals surface area contributed by atoms with Gasteiger partial charge in [0.15, 0.2) is 0 Å². The predicted octanol–water partition coefficient (Wildman–Crippen LogP) is 2.66. The standard InChI is InChI=1S/C14H21FN2O.ClH/c1-9(2)14(4,8-16)17-13(18)11-5-6-12(15)10(3)7-11;/h5-7,9H,8,16H2,1-4H3,(H,17,18);1H. The molecule has 0 heterocycles. The van der Waals surface area contributed by atoms with Crippen molar-refractivity contribution in [2.45, 2.75) is 33.2 Å². The van der Waals surface area contributed by atoms with Crippen molar-refractivity contribution in [2.24, 2.45) is 11.7 Å². The minimum Gasteiger partial charge on any atom is -0.345 e. The molecule has 3 N–H and O–H groups in total. The summed E-state index contributed by atoms with van der Waals surface area (Å²) in [5.41, 5.74) is 6.17. The van der Waals surface area contributed by atoms with E-state index in [-0.39, 0.29) is 30.0 Å². The lowest BCUT2D eigenvalue weighted by atomic mass is 9.88. The number of carbonyl (C=O) groups is 1. The Morgan fingerprint density at radius 3 is 2.47 bits per heavy atom. The number of aryl methyl sites for hydroxylation is 1. The lowest BCUT2D eigenvalue weighted by Gasteiger charge is -2.33. The van der Waals surface area contributed by atoms with Gasteiger partial charge in [-0.1, -0.05) is 13.8 Å². The Labute approximate surface area is 120 Å². The molecule has 3 nitrogen and oxygen atoms in total. The Balaban J connectivity index is 0.00000324. The molecular formula is C14H22ClFN2O. The van der Waals surface area contributed by atoms with E-state index in [0.29, 0.717) is 17.7 Å². The minimum absolute atomic E-state index is 0. The molecule has 1 rings (SSSR count). The second-order valence-corrected chi connectivity index (χ2v) is 5.19. The van der Waals surface area contributed by atoms with E-state index in [4.69, 9.17) is 5.73 Å². The van der Waals surface area contributed by atoms with Gasteiger partial charge in [-0.05, 0) is 43.5 Å². The molecule has 0 radical (unpaired) electrons. The van der Waals surface area contributed by atoms with Crippen molar-refractivity contribution in [3.8, 4) is 0 Å². The van der Waals surface area contributed by atoms with E-state index in [1.807, 2.05) is 20.8 Å². The zero-order valence-electron chi connectivity index (χ0n) is 11.8. The van der Waals surface area contributed by atoms with Crippen LogP contribution in [0.15, 0.2) is 18.2 Å². The Hall–Kier alpha value is -1.13. The third-order valence-electron chi connectivity index (χ3n) is 3.52. The molecule has 0 aliphatic rings. The predicted molar refractivity (Wildman–Crippen MR) is 78.1 cm³/mol. The van der Waals surface area contributed by atoms with E-state index in [9.17, 15) is 9.18 Å². The van der Waals surface area contributed by atoms with Crippen molar-refractivity contribution in [1.29, 1.82) is 0 Å². The zero-order valence-corrected chi connectivity index (χ0v) is 12.6. The average molecular weight is 289 g/mol. The summed E-state index contributed by atoms with van der Waals surface area (Å²) in [6.07, 6.45) is 0. The van der Waals surface area contributed by atoms with Crippen LogP contribution < -0.4 is 11.1 Å². The number of benzene rings is 1. The van der Waals surface area contributed by atoms with Crippen LogP contribution in [0.2, 0.25) is 0 Å². The van der Waals surface area contributed by atoms with E-state index >= 15 is 0 Å². The van der Waals surface area contributed by atoms with E-state index < -0.39 is 5.54 Å². The van der Waals surface area contributed by atoms with Gasteiger partial charge in [-0.15, -0.1) is 12.4 Å². The van der Waals surface area contributed by atoms with Crippen molar-refractivity contribution in [1.82, 2.24) is 5.32 Å². The van der Waals surface area contributed by atoms with Gasteiger partial charge in [-0.3, -0.25) is 4.79 Å². The lowest BCUT2D eigenvalue weighted by molar-refractivity contribution is 0.0883. The lowest BCUT2D eigenvalue weighted by Crippen LogP contribution is -2.55. The van der Waals surface area contributed by atoms with Gasteiger partial charge in [0.2, 0.25) is 0 Å². The first-order valence-corrected chi connectivity index (χ1v) is 6.09. The van der Waals surface area contributed by atoms with Crippen molar-refractivity contribution in [3.05, 3.63) is 35.1 Å². The van der Waals surface area contributed by atoms with Gasteiger partial charge in [0, 0.05) is 12.1 Å². The molecule has 0 fully saturated rings. The molecule has 0 spiro atoms. The molecule has 1 unspecified atom stereocenters. The van der Waals surface area contributed by atoms with E-state index in [0.717, 1.165) is 0 Å². The minimum atomic E-state index is -0.459. The van der Waals surface area contributed by atoms with E-state index in [1.165, 1.54) is 12.1 Å². The van der Waals surface area contributed by atoms with Gasteiger partial charge in [0.1, 0.15) is 5.82 Å². The highest BCUT2D eigenvalue weighted by atomic mass is 35.5. The summed E-state index contributed by atoms with van der Waals surface area (Å²) in [6, 6.07) is 4.33. The number of carbonyl (C=O) groups excluding carboxylic acids is 1. The van der Waals surface area contributed by atoms with Crippen molar-refractivity contribution in [3.63, 3.8) is 0 Å². The smallest absolute Gasteiger partial charge is 0.251 e. The van der Waals surface area contributed by atoms with Crippen LogP contribution in [0.3, 0.4) is 0 Å². The van der Waals surface area contributed by atoms with Crippen molar-refractivity contribution in [2.75, 3.05) is 6.54 Å². The fourth-order valence-electron chi connectivity index (χ4n) is 1.55. The van der Waals surface area contributed by atoms with Gasteiger partial charge in [-0.2, -0.15) is 0 Å². The highest BCUT2D eigenvalue weighted by Crippen LogP contribution is 2.16. The molecule has 5 heteroatoms. The van der Waals surface area contributed by atoms with Gasteiger partial charge < -0.3 is 11.1 Å². The Morgan fingerprint density at radius 2 is 2.05 bits per heavy atom. The van der Waals surface area contributed by atoms with Gasteiger partial charge >= 0.3 is 0 Å². The van der Waals surface area contributed by atoms with Crippen LogP contribution in [-0.2, 0) is 0 Å². The quantitative estimate of drug-likeness (QED) is 0.895. The van der Waals surface area contributed by atoms with E-state index in [1.54, 1.807) is 13.0 Å². The van der Waals surface area contributed by atoms with Crippen LogP contribution >= 0.6 is 12.4 Å². The number of nitrogens with one attached hydrogen (secondary N) is 1. The summed E-state index contributed by atoms with van der Waals surface area (Å²) in [7, 11) is 0. The van der Waals surface area contributed by atoms with Crippen molar-refractivity contribution < 1.29 is 9.18 Å². The first kappa shape index (κ1) is 17.9. The molecule has 0 bridgehead atoms. The molecule has 0 aliphatic heterocycles. The molecule has 1 aromatic rings. The van der Waals surface area contributed by atoms with E-state index in [2.05, 4.69) is 5.32 Å². The zero-order chi connectivity index (χ0) is 13.9.